The van der Waals surface area contributed by atoms with Gasteiger partial charge >= 0.3 is 139 Å². The predicted molar refractivity (Wildman–Crippen MR) is 90.6 cm³/mol. The van der Waals surface area contributed by atoms with E-state index in [2.05, 4.69) is 41.5 Å². The zero-order valence-corrected chi connectivity index (χ0v) is 18.9. The summed E-state index contributed by atoms with van der Waals surface area (Å²) in [4.78, 5) is 0. The third-order valence-corrected chi connectivity index (χ3v) is 22.1. The first-order valence-corrected chi connectivity index (χ1v) is 16.0. The van der Waals surface area contributed by atoms with E-state index in [-0.39, 0.29) is 0 Å². The molecule has 0 rings (SSSR count). The first-order chi connectivity index (χ1) is 9.90. The molecule has 0 fully saturated rings. The predicted octanol–water partition coefficient (Wildman–Crippen LogP) is 5.14. The zero-order chi connectivity index (χ0) is 16.6. The second-order valence-corrected chi connectivity index (χ2v) is 19.7. The van der Waals surface area contributed by atoms with Crippen molar-refractivity contribution in [2.75, 3.05) is 14.2 Å². The molecule has 0 unspecified atom stereocenters. The average Bonchev–Trinajstić information content (AvgIpc) is 2.57. The summed E-state index contributed by atoms with van der Waals surface area (Å²) in [7, 11) is -0.208. The molecule has 7 heteroatoms. The molecule has 0 spiro atoms. The van der Waals surface area contributed by atoms with Gasteiger partial charge in [0.05, 0.1) is 0 Å². The Balaban J connectivity index is 5.42. The van der Waals surface area contributed by atoms with Crippen molar-refractivity contribution in [2.24, 2.45) is 0 Å². The molecule has 0 aromatic carbocycles. The minimum atomic E-state index is -3.61. The second kappa shape index (κ2) is 9.98. The summed E-state index contributed by atoms with van der Waals surface area (Å²) in [5.41, 5.74) is 0. The molecule has 0 heterocycles. The van der Waals surface area contributed by atoms with Gasteiger partial charge in [-0.05, 0) is 0 Å². The summed E-state index contributed by atoms with van der Waals surface area (Å²) in [6.45, 7) is 13.3. The molecule has 0 amide bonds. The average molecular weight is 372 g/mol. The van der Waals surface area contributed by atoms with Crippen LogP contribution in [0.1, 0.15) is 41.5 Å². The van der Waals surface area contributed by atoms with Crippen molar-refractivity contribution in [3.8, 4) is 0 Å². The Bertz CT molecular complexity index is 240. The fourth-order valence-corrected chi connectivity index (χ4v) is 19.6. The Morgan fingerprint density at radius 2 is 0.810 bits per heavy atom. The summed E-state index contributed by atoms with van der Waals surface area (Å²) in [5.74, 6) is 0. The van der Waals surface area contributed by atoms with E-state index in [1.54, 1.807) is 14.2 Å². The van der Waals surface area contributed by atoms with Gasteiger partial charge in [-0.15, -0.1) is 0 Å². The SMILES string of the molecule is CC[Si](CC)(CC)[O][Ti]([O]C)([O]C)[O][Si](CC)(CC)CC. The molecule has 0 aromatic rings. The normalized spacial score (nSPS) is 13.7. The van der Waals surface area contributed by atoms with Crippen LogP contribution in [0.3, 0.4) is 0 Å². The van der Waals surface area contributed by atoms with E-state index in [1.165, 1.54) is 0 Å². The fraction of sp³-hybridized carbons (Fsp3) is 1.00. The summed E-state index contributed by atoms with van der Waals surface area (Å²) >= 11 is -3.61. The summed E-state index contributed by atoms with van der Waals surface area (Å²) < 4.78 is 24.9. The Kier molecular flexibility index (Phi) is 10.4. The molecule has 128 valence electrons. The van der Waals surface area contributed by atoms with E-state index in [1.807, 2.05) is 0 Å². The van der Waals surface area contributed by atoms with E-state index >= 15 is 0 Å². The first kappa shape index (κ1) is 22.0. The van der Waals surface area contributed by atoms with Crippen LogP contribution in [0.5, 0.6) is 0 Å². The van der Waals surface area contributed by atoms with Gasteiger partial charge in [-0.1, -0.05) is 0 Å². The van der Waals surface area contributed by atoms with Crippen LogP contribution in [0.2, 0.25) is 36.3 Å². The summed E-state index contributed by atoms with van der Waals surface area (Å²) in [6.07, 6.45) is 0. The van der Waals surface area contributed by atoms with Crippen molar-refractivity contribution >= 4 is 16.6 Å². The van der Waals surface area contributed by atoms with Gasteiger partial charge in [0.2, 0.25) is 0 Å². The Morgan fingerprint density at radius 3 is 0.952 bits per heavy atom. The van der Waals surface area contributed by atoms with Crippen LogP contribution in [0.15, 0.2) is 0 Å². The molecule has 0 saturated heterocycles. The van der Waals surface area contributed by atoms with Crippen molar-refractivity contribution in [3.05, 3.63) is 0 Å². The third kappa shape index (κ3) is 5.53. The van der Waals surface area contributed by atoms with Gasteiger partial charge in [-0.25, -0.2) is 0 Å². The van der Waals surface area contributed by atoms with Gasteiger partial charge in [0.1, 0.15) is 0 Å². The number of rotatable bonds is 12. The molecule has 21 heavy (non-hydrogen) atoms. The second-order valence-electron chi connectivity index (χ2n) is 5.60. The Morgan fingerprint density at radius 1 is 0.571 bits per heavy atom. The molecular weight excluding hydrogens is 336 g/mol. The van der Waals surface area contributed by atoms with E-state index in [4.69, 9.17) is 12.7 Å². The van der Waals surface area contributed by atoms with Crippen molar-refractivity contribution < 1.29 is 30.8 Å². The van der Waals surface area contributed by atoms with Crippen molar-refractivity contribution in [1.82, 2.24) is 0 Å². The van der Waals surface area contributed by atoms with Crippen LogP contribution < -0.4 is 0 Å². The number of hydrogen-bond acceptors (Lipinski definition) is 4. The monoisotopic (exact) mass is 372 g/mol. The molecule has 0 bridgehead atoms. The van der Waals surface area contributed by atoms with E-state index in [9.17, 15) is 0 Å². The van der Waals surface area contributed by atoms with Gasteiger partial charge in [-0.3, -0.25) is 0 Å². The van der Waals surface area contributed by atoms with Crippen molar-refractivity contribution in [1.29, 1.82) is 0 Å². The Hall–Kier alpha value is 0.988. The minimum absolute atomic E-state index is 1.09. The van der Waals surface area contributed by atoms with Gasteiger partial charge in [-0.2, -0.15) is 0 Å². The fourth-order valence-electron chi connectivity index (χ4n) is 2.73. The molecular formula is C14H36O4Si2Ti. The Labute approximate surface area is 139 Å². The van der Waals surface area contributed by atoms with Crippen LogP contribution in [0.25, 0.3) is 0 Å². The van der Waals surface area contributed by atoms with Crippen LogP contribution in [0.4, 0.5) is 0 Å². The van der Waals surface area contributed by atoms with Gasteiger partial charge in [0.25, 0.3) is 0 Å². The van der Waals surface area contributed by atoms with Crippen molar-refractivity contribution in [3.63, 3.8) is 0 Å². The van der Waals surface area contributed by atoms with E-state index in [0.29, 0.717) is 0 Å². The summed E-state index contributed by atoms with van der Waals surface area (Å²) in [6, 6.07) is 6.51. The van der Waals surface area contributed by atoms with Gasteiger partial charge in [0.15, 0.2) is 0 Å². The topological polar surface area (TPSA) is 36.9 Å². The van der Waals surface area contributed by atoms with Gasteiger partial charge < -0.3 is 0 Å². The van der Waals surface area contributed by atoms with Gasteiger partial charge in [0, 0.05) is 0 Å². The molecule has 0 radical (unpaired) electrons. The van der Waals surface area contributed by atoms with Crippen LogP contribution in [-0.2, 0) is 30.8 Å². The van der Waals surface area contributed by atoms with Crippen molar-refractivity contribution in [2.45, 2.75) is 77.8 Å². The standard InChI is InChI=1S/2C6H15OSi.2CH3O.Ti/c2*1-4-8(7,5-2)6-3;2*1-2;/h2*4-6H2,1-3H3;2*1H3;/q4*-1;+4. The van der Waals surface area contributed by atoms with E-state index in [0.717, 1.165) is 36.3 Å². The van der Waals surface area contributed by atoms with E-state index < -0.39 is 34.8 Å². The first-order valence-electron chi connectivity index (χ1n) is 8.41. The number of hydrogen-bond donors (Lipinski definition) is 0. The molecule has 0 aliphatic carbocycles. The third-order valence-electron chi connectivity index (χ3n) is 5.05. The zero-order valence-electron chi connectivity index (χ0n) is 15.4. The molecule has 0 aliphatic heterocycles. The molecule has 0 aliphatic rings. The van der Waals surface area contributed by atoms with Crippen LogP contribution in [0, 0.1) is 0 Å². The molecule has 0 atom stereocenters. The molecule has 4 nitrogen and oxygen atoms in total. The van der Waals surface area contributed by atoms with Crippen LogP contribution >= 0.6 is 0 Å². The molecule has 0 saturated carbocycles. The maximum atomic E-state index is 6.63. The quantitative estimate of drug-likeness (QED) is 0.445. The molecule has 0 N–H and O–H groups in total. The van der Waals surface area contributed by atoms with Crippen LogP contribution in [-0.4, -0.2) is 30.9 Å². The molecule has 0 aromatic heterocycles. The summed E-state index contributed by atoms with van der Waals surface area (Å²) in [5, 5.41) is 0. The maximum absolute atomic E-state index is 6.63.